The van der Waals surface area contributed by atoms with E-state index in [-0.39, 0.29) is 0 Å². The molecule has 12 aromatic carbocycles. The van der Waals surface area contributed by atoms with Gasteiger partial charge in [-0.15, -0.1) is 0 Å². The minimum atomic E-state index is -2.19. The van der Waals surface area contributed by atoms with Crippen LogP contribution in [0, 0.1) is 0 Å². The predicted octanol–water partition coefficient (Wildman–Crippen LogP) is 16.0. The molecule has 13 rings (SSSR count). The lowest BCUT2D eigenvalue weighted by atomic mass is 9.84. The van der Waals surface area contributed by atoms with E-state index in [1.165, 1.54) is 131 Å². The largest absolute Gasteiger partial charge is 0.113 e. The molecule has 0 aromatic heterocycles. The molecule has 294 valence electrons. The third-order valence-corrected chi connectivity index (χ3v) is 17.7. The van der Waals surface area contributed by atoms with Crippen molar-refractivity contribution in [1.82, 2.24) is 0 Å². The molecule has 0 fully saturated rings. The van der Waals surface area contributed by atoms with Crippen molar-refractivity contribution in [2.24, 2.45) is 0 Å². The van der Waals surface area contributed by atoms with E-state index in [2.05, 4.69) is 231 Å². The number of rotatable bonds is 5. The van der Waals surface area contributed by atoms with Crippen molar-refractivity contribution >= 4 is 72.3 Å². The summed E-state index contributed by atoms with van der Waals surface area (Å²) in [5.74, 6) is 0. The highest BCUT2D eigenvalue weighted by Crippen LogP contribution is 2.47. The minimum Gasteiger partial charge on any atom is -0.0622 e. The third kappa shape index (κ3) is 5.46. The summed E-state index contributed by atoms with van der Waals surface area (Å²) in [6.45, 7) is 5.13. The Bertz CT molecular complexity index is 3770. The summed E-state index contributed by atoms with van der Waals surface area (Å²) >= 11 is 0. The van der Waals surface area contributed by atoms with Gasteiger partial charge in [0.15, 0.2) is 0 Å². The Kier molecular flexibility index (Phi) is 7.86. The topological polar surface area (TPSA) is 0 Å². The third-order valence-electron chi connectivity index (χ3n) is 14.2. The molecule has 1 heteroatoms. The molecule has 0 N–H and O–H groups in total. The molecular weight excluding hydrogens is 773 g/mol. The molecule has 0 aliphatic carbocycles. The van der Waals surface area contributed by atoms with Crippen molar-refractivity contribution in [1.29, 1.82) is 0 Å². The fourth-order valence-electron chi connectivity index (χ4n) is 11.1. The zero-order valence-corrected chi connectivity index (χ0v) is 36.3. The maximum atomic E-state index is 2.61. The highest BCUT2D eigenvalue weighted by molar-refractivity contribution is 7.04. The zero-order valence-electron chi connectivity index (χ0n) is 35.3. The molecule has 1 aliphatic rings. The van der Waals surface area contributed by atoms with Crippen LogP contribution in [0.1, 0.15) is 0 Å². The number of hydrogen-bond donors (Lipinski definition) is 0. The van der Waals surface area contributed by atoms with E-state index in [1.54, 1.807) is 0 Å². The first-order valence-corrected chi connectivity index (χ1v) is 25.2. The van der Waals surface area contributed by atoms with Gasteiger partial charge in [-0.2, -0.15) is 0 Å². The summed E-state index contributed by atoms with van der Waals surface area (Å²) in [6.07, 6.45) is 0. The van der Waals surface area contributed by atoms with Gasteiger partial charge in [-0.25, -0.2) is 0 Å². The van der Waals surface area contributed by atoms with E-state index in [4.69, 9.17) is 0 Å². The molecule has 0 saturated carbocycles. The van der Waals surface area contributed by atoms with Gasteiger partial charge in [0.2, 0.25) is 0 Å². The standard InChI is InChI=1S/C62H42Si/c1-63(2)57-36-47(53-35-48-19-11-17-43-31-32-44-18-12-22-52(53)62(44)59(43)48)33-34-49(57)54-37-55-56(38-58(54)63)61(46-29-25-42(26-30-46)40-15-7-4-8-16-40)51-21-10-9-20-50(51)60(55)45-27-23-41(24-28-45)39-13-5-3-6-14-39/h3-38H,1-2H3. The van der Waals surface area contributed by atoms with E-state index < -0.39 is 8.07 Å². The van der Waals surface area contributed by atoms with E-state index in [1.807, 2.05) is 0 Å². The Morgan fingerprint density at radius 1 is 0.254 bits per heavy atom. The van der Waals surface area contributed by atoms with Gasteiger partial charge in [0, 0.05) is 0 Å². The van der Waals surface area contributed by atoms with Crippen LogP contribution in [-0.4, -0.2) is 8.07 Å². The molecule has 0 bridgehead atoms. The lowest BCUT2D eigenvalue weighted by Gasteiger charge is -2.23. The highest BCUT2D eigenvalue weighted by Gasteiger charge is 2.39. The van der Waals surface area contributed by atoms with E-state index in [0.29, 0.717) is 0 Å². The van der Waals surface area contributed by atoms with Crippen molar-refractivity contribution in [2.45, 2.75) is 13.1 Å². The molecule has 0 atom stereocenters. The van der Waals surface area contributed by atoms with Gasteiger partial charge in [-0.3, -0.25) is 0 Å². The monoisotopic (exact) mass is 814 g/mol. The SMILES string of the molecule is C[Si]1(C)c2cc(-c3cc4cccc5ccc6cccc3c6c54)ccc2-c2cc3c(-c4ccc(-c5ccccc5)cc4)c4ccccc4c(-c4ccc(-c5ccccc5)cc4)c3cc21. The van der Waals surface area contributed by atoms with Crippen LogP contribution in [0.5, 0.6) is 0 Å². The van der Waals surface area contributed by atoms with Gasteiger partial charge < -0.3 is 0 Å². The quantitative estimate of drug-likeness (QED) is 0.0922. The number of fused-ring (bicyclic) bond motifs is 5. The zero-order chi connectivity index (χ0) is 41.8. The van der Waals surface area contributed by atoms with E-state index in [9.17, 15) is 0 Å². The lowest BCUT2D eigenvalue weighted by Crippen LogP contribution is -2.49. The van der Waals surface area contributed by atoms with Crippen LogP contribution >= 0.6 is 0 Å². The normalized spacial score (nSPS) is 13.0. The Labute approximate surface area is 368 Å². The summed E-state index contributed by atoms with van der Waals surface area (Å²) in [7, 11) is -2.19. The molecule has 12 aromatic rings. The van der Waals surface area contributed by atoms with Gasteiger partial charge in [0.25, 0.3) is 0 Å². The summed E-state index contributed by atoms with van der Waals surface area (Å²) in [5, 5.41) is 16.2. The van der Waals surface area contributed by atoms with Crippen LogP contribution in [0.25, 0.3) is 121 Å². The highest BCUT2D eigenvalue weighted by atomic mass is 28.3. The van der Waals surface area contributed by atoms with Gasteiger partial charge in [0.1, 0.15) is 8.07 Å². The van der Waals surface area contributed by atoms with Crippen molar-refractivity contribution in [3.8, 4) is 66.8 Å². The van der Waals surface area contributed by atoms with Gasteiger partial charge in [-0.05, 0) is 143 Å². The second-order valence-electron chi connectivity index (χ2n) is 18.0. The first-order chi connectivity index (χ1) is 31.0. The molecule has 0 amide bonds. The van der Waals surface area contributed by atoms with Crippen LogP contribution in [0.4, 0.5) is 0 Å². The molecular formula is C62H42Si. The average molecular weight is 815 g/mol. The molecule has 0 nitrogen and oxygen atoms in total. The van der Waals surface area contributed by atoms with Crippen molar-refractivity contribution < 1.29 is 0 Å². The number of benzene rings is 12. The molecule has 0 spiro atoms. The predicted molar refractivity (Wildman–Crippen MR) is 275 cm³/mol. The van der Waals surface area contributed by atoms with Crippen LogP contribution in [0.15, 0.2) is 218 Å². The first-order valence-electron chi connectivity index (χ1n) is 22.2. The summed E-state index contributed by atoms with van der Waals surface area (Å²) in [5.41, 5.74) is 15.4. The van der Waals surface area contributed by atoms with E-state index >= 15 is 0 Å². The molecule has 0 saturated heterocycles. The van der Waals surface area contributed by atoms with Gasteiger partial charge >= 0.3 is 0 Å². The molecule has 1 aliphatic heterocycles. The van der Waals surface area contributed by atoms with Crippen LogP contribution < -0.4 is 10.4 Å². The van der Waals surface area contributed by atoms with Crippen LogP contribution in [0.3, 0.4) is 0 Å². The molecule has 1 heterocycles. The Morgan fingerprint density at radius 2 is 0.714 bits per heavy atom. The summed E-state index contributed by atoms with van der Waals surface area (Å²) < 4.78 is 0. The Morgan fingerprint density at radius 3 is 1.33 bits per heavy atom. The van der Waals surface area contributed by atoms with Gasteiger partial charge in [0.05, 0.1) is 0 Å². The molecule has 63 heavy (non-hydrogen) atoms. The van der Waals surface area contributed by atoms with Crippen molar-refractivity contribution in [3.63, 3.8) is 0 Å². The van der Waals surface area contributed by atoms with Crippen molar-refractivity contribution in [2.75, 3.05) is 0 Å². The van der Waals surface area contributed by atoms with Crippen LogP contribution in [0.2, 0.25) is 13.1 Å². The fraction of sp³-hybridized carbons (Fsp3) is 0.0323. The molecule has 0 unspecified atom stereocenters. The Balaban J connectivity index is 1.05. The number of hydrogen-bond acceptors (Lipinski definition) is 0. The molecule has 0 radical (unpaired) electrons. The maximum Gasteiger partial charge on any atom is 0.113 e. The first kappa shape index (κ1) is 36.1. The lowest BCUT2D eigenvalue weighted by molar-refractivity contribution is 1.60. The summed E-state index contributed by atoms with van der Waals surface area (Å²) in [6, 6.07) is 82.2. The maximum absolute atomic E-state index is 2.61. The minimum absolute atomic E-state index is 1.23. The second-order valence-corrected chi connectivity index (χ2v) is 22.3. The fourth-order valence-corrected chi connectivity index (χ4v) is 14.2. The smallest absolute Gasteiger partial charge is 0.0622 e. The second kappa shape index (κ2) is 13.7. The average Bonchev–Trinajstić information content (AvgIpc) is 3.56. The van der Waals surface area contributed by atoms with Gasteiger partial charge in [-0.1, -0.05) is 219 Å². The summed E-state index contributed by atoms with van der Waals surface area (Å²) in [4.78, 5) is 0. The Hall–Kier alpha value is -7.58. The van der Waals surface area contributed by atoms with E-state index in [0.717, 1.165) is 0 Å². The van der Waals surface area contributed by atoms with Crippen LogP contribution in [-0.2, 0) is 0 Å². The van der Waals surface area contributed by atoms with Crippen molar-refractivity contribution in [3.05, 3.63) is 218 Å².